The van der Waals surface area contributed by atoms with E-state index < -0.39 is 0 Å². The Bertz CT molecular complexity index is 1520. The smallest absolute Gasteiger partial charge is 0.219 e. The molecule has 1 heterocycles. The molecule has 0 radical (unpaired) electrons. The zero-order chi connectivity index (χ0) is 25.5. The maximum atomic E-state index is 12.7. The summed E-state index contributed by atoms with van der Waals surface area (Å²) < 4.78 is 7.80. The molecular formula is C30H22ClN3O2S. The zero-order valence-electron chi connectivity index (χ0n) is 19.7. The molecule has 0 amide bonds. The van der Waals surface area contributed by atoms with Crippen molar-refractivity contribution in [2.75, 3.05) is 0 Å². The van der Waals surface area contributed by atoms with Crippen molar-refractivity contribution in [3.63, 3.8) is 0 Å². The average Bonchev–Trinajstić information content (AvgIpc) is 3.36. The molecule has 182 valence electrons. The second-order valence-electron chi connectivity index (χ2n) is 8.05. The molecule has 0 aliphatic carbocycles. The number of rotatable bonds is 8. The molecule has 0 aliphatic rings. The van der Waals surface area contributed by atoms with Crippen LogP contribution in [0.4, 0.5) is 0 Å². The molecule has 5 rings (SSSR count). The zero-order valence-corrected chi connectivity index (χ0v) is 21.3. The summed E-state index contributed by atoms with van der Waals surface area (Å²) in [7, 11) is 0. The van der Waals surface area contributed by atoms with E-state index in [9.17, 15) is 4.79 Å². The predicted molar refractivity (Wildman–Crippen MR) is 149 cm³/mol. The number of carbonyl (C=O) groups excluding carboxylic acids is 1. The van der Waals surface area contributed by atoms with E-state index in [4.69, 9.17) is 16.3 Å². The number of nitrogens with zero attached hydrogens (tertiary/aromatic N) is 3. The van der Waals surface area contributed by atoms with Gasteiger partial charge in [0.05, 0.1) is 0 Å². The molecule has 7 heteroatoms. The van der Waals surface area contributed by atoms with Gasteiger partial charge in [-0.15, -0.1) is 10.2 Å². The second kappa shape index (κ2) is 11.7. The van der Waals surface area contributed by atoms with Gasteiger partial charge in [0.2, 0.25) is 10.3 Å². The summed E-state index contributed by atoms with van der Waals surface area (Å²) in [5.74, 6) is 1.34. The van der Waals surface area contributed by atoms with E-state index in [-0.39, 0.29) is 5.12 Å². The van der Waals surface area contributed by atoms with Crippen molar-refractivity contribution in [1.29, 1.82) is 0 Å². The minimum atomic E-state index is -0.136. The van der Waals surface area contributed by atoms with Gasteiger partial charge in [-0.05, 0) is 65.9 Å². The molecular weight excluding hydrogens is 502 g/mol. The molecule has 0 bridgehead atoms. The minimum Gasteiger partial charge on any atom is -0.489 e. The van der Waals surface area contributed by atoms with Crippen LogP contribution in [0.2, 0.25) is 5.02 Å². The Morgan fingerprint density at radius 1 is 0.838 bits per heavy atom. The predicted octanol–water partition coefficient (Wildman–Crippen LogP) is 7.50. The average molecular weight is 524 g/mol. The van der Waals surface area contributed by atoms with Gasteiger partial charge >= 0.3 is 0 Å². The number of carbonyl (C=O) groups is 1. The summed E-state index contributed by atoms with van der Waals surface area (Å²) in [6.07, 6.45) is 3.34. The molecule has 0 unspecified atom stereocenters. The Kier molecular flexibility index (Phi) is 7.79. The fourth-order valence-corrected chi connectivity index (χ4v) is 4.53. The normalized spacial score (nSPS) is 11.1. The van der Waals surface area contributed by atoms with E-state index in [0.29, 0.717) is 28.4 Å². The van der Waals surface area contributed by atoms with Crippen LogP contribution >= 0.6 is 23.4 Å². The largest absolute Gasteiger partial charge is 0.489 e. The summed E-state index contributed by atoms with van der Waals surface area (Å²) in [4.78, 5) is 12.7. The van der Waals surface area contributed by atoms with Gasteiger partial charge in [-0.25, -0.2) is 0 Å². The topological polar surface area (TPSA) is 57.0 Å². The van der Waals surface area contributed by atoms with Crippen LogP contribution in [-0.2, 0) is 11.4 Å². The third-order valence-corrected chi connectivity index (χ3v) is 6.67. The van der Waals surface area contributed by atoms with Gasteiger partial charge in [0.15, 0.2) is 5.82 Å². The quantitative estimate of drug-likeness (QED) is 0.156. The minimum absolute atomic E-state index is 0.136. The van der Waals surface area contributed by atoms with E-state index in [1.54, 1.807) is 12.2 Å². The number of halogens is 1. The van der Waals surface area contributed by atoms with Crippen LogP contribution in [0.3, 0.4) is 0 Å². The highest BCUT2D eigenvalue weighted by Crippen LogP contribution is 2.30. The third kappa shape index (κ3) is 6.17. The lowest BCUT2D eigenvalue weighted by Crippen LogP contribution is -2.01. The van der Waals surface area contributed by atoms with Crippen LogP contribution in [0.15, 0.2) is 120 Å². The molecule has 4 aromatic carbocycles. The van der Waals surface area contributed by atoms with Crippen molar-refractivity contribution in [1.82, 2.24) is 14.8 Å². The van der Waals surface area contributed by atoms with Gasteiger partial charge < -0.3 is 4.74 Å². The van der Waals surface area contributed by atoms with E-state index in [0.717, 1.165) is 34.1 Å². The molecule has 0 fully saturated rings. The summed E-state index contributed by atoms with van der Waals surface area (Å²) >= 11 is 7.27. The van der Waals surface area contributed by atoms with Crippen molar-refractivity contribution in [3.8, 4) is 22.8 Å². The highest BCUT2D eigenvalue weighted by Gasteiger charge is 2.18. The van der Waals surface area contributed by atoms with Crippen LogP contribution in [0.25, 0.3) is 23.2 Å². The van der Waals surface area contributed by atoms with Crippen molar-refractivity contribution in [2.24, 2.45) is 0 Å². The van der Waals surface area contributed by atoms with Gasteiger partial charge in [0, 0.05) is 21.8 Å². The lowest BCUT2D eigenvalue weighted by atomic mass is 10.2. The first-order valence-corrected chi connectivity index (χ1v) is 12.8. The number of benzene rings is 4. The van der Waals surface area contributed by atoms with Gasteiger partial charge in [-0.1, -0.05) is 84.4 Å². The molecule has 0 N–H and O–H groups in total. The molecule has 1 aromatic heterocycles. The van der Waals surface area contributed by atoms with E-state index >= 15 is 0 Å². The summed E-state index contributed by atoms with van der Waals surface area (Å²) in [6, 6.07) is 34.7. The van der Waals surface area contributed by atoms with Gasteiger partial charge in [-0.2, -0.15) is 0 Å². The van der Waals surface area contributed by atoms with Gasteiger partial charge in [0.25, 0.3) is 0 Å². The van der Waals surface area contributed by atoms with E-state index in [2.05, 4.69) is 10.2 Å². The molecule has 0 saturated heterocycles. The molecule has 0 aliphatic heterocycles. The first-order valence-electron chi connectivity index (χ1n) is 11.6. The van der Waals surface area contributed by atoms with Gasteiger partial charge in [-0.3, -0.25) is 9.36 Å². The Morgan fingerprint density at radius 2 is 1.51 bits per heavy atom. The van der Waals surface area contributed by atoms with Crippen LogP contribution in [-0.4, -0.2) is 19.9 Å². The molecule has 5 aromatic rings. The third-order valence-electron chi connectivity index (χ3n) is 5.52. The SMILES string of the molecule is O=C(/C=C/c1ccccc1)Sc1nnc(-c2ccc(OCc3ccccc3Cl)cc2)n1-c1ccccc1. The number of ether oxygens (including phenoxy) is 1. The summed E-state index contributed by atoms with van der Waals surface area (Å²) in [5.41, 5.74) is 3.59. The number of aromatic nitrogens is 3. The lowest BCUT2D eigenvalue weighted by Gasteiger charge is -2.11. The Hall–Kier alpha value is -4.13. The highest BCUT2D eigenvalue weighted by molar-refractivity contribution is 8.13. The first-order chi connectivity index (χ1) is 18.2. The Morgan fingerprint density at radius 3 is 2.24 bits per heavy atom. The molecule has 5 nitrogen and oxygen atoms in total. The van der Waals surface area contributed by atoms with Crippen LogP contribution < -0.4 is 4.74 Å². The molecule has 37 heavy (non-hydrogen) atoms. The number of hydrogen-bond donors (Lipinski definition) is 0. The lowest BCUT2D eigenvalue weighted by molar-refractivity contribution is -0.107. The molecule has 0 atom stereocenters. The molecule has 0 spiro atoms. The standard InChI is InChI=1S/C30H22ClN3O2S/c31-27-14-8-7-11-24(27)21-36-26-18-16-23(17-19-26)29-32-33-30(34(29)25-12-5-2-6-13-25)37-28(35)20-15-22-9-3-1-4-10-22/h1-20H,21H2/b20-15+. The first kappa shape index (κ1) is 24.6. The summed E-state index contributed by atoms with van der Waals surface area (Å²) in [6.45, 7) is 0.374. The second-order valence-corrected chi connectivity index (χ2v) is 9.43. The Labute approximate surface area is 224 Å². The number of para-hydroxylation sites is 1. The highest BCUT2D eigenvalue weighted by atomic mass is 35.5. The van der Waals surface area contributed by atoms with Crippen LogP contribution in [0.1, 0.15) is 11.1 Å². The van der Waals surface area contributed by atoms with Crippen molar-refractivity contribution >= 4 is 34.6 Å². The number of hydrogen-bond acceptors (Lipinski definition) is 5. The summed E-state index contributed by atoms with van der Waals surface area (Å²) in [5, 5.41) is 9.80. The van der Waals surface area contributed by atoms with Crippen LogP contribution in [0.5, 0.6) is 5.75 Å². The van der Waals surface area contributed by atoms with E-state index in [1.165, 1.54) is 0 Å². The fraction of sp³-hybridized carbons (Fsp3) is 0.0333. The Balaban J connectivity index is 1.38. The van der Waals surface area contributed by atoms with Crippen molar-refractivity contribution in [3.05, 3.63) is 131 Å². The van der Waals surface area contributed by atoms with Crippen molar-refractivity contribution in [2.45, 2.75) is 11.8 Å². The van der Waals surface area contributed by atoms with E-state index in [1.807, 2.05) is 114 Å². The van der Waals surface area contributed by atoms with Gasteiger partial charge in [0.1, 0.15) is 12.4 Å². The van der Waals surface area contributed by atoms with Crippen LogP contribution in [0, 0.1) is 0 Å². The van der Waals surface area contributed by atoms with Crippen molar-refractivity contribution < 1.29 is 9.53 Å². The maximum Gasteiger partial charge on any atom is 0.219 e. The maximum absolute atomic E-state index is 12.7. The number of thioether (sulfide) groups is 1. The molecule has 0 saturated carbocycles. The fourth-order valence-electron chi connectivity index (χ4n) is 3.66. The monoisotopic (exact) mass is 523 g/mol.